The molecule has 0 aromatic rings. The summed E-state index contributed by atoms with van der Waals surface area (Å²) < 4.78 is 5.16. The van der Waals surface area contributed by atoms with Crippen molar-refractivity contribution in [1.82, 2.24) is 10.6 Å². The zero-order valence-corrected chi connectivity index (χ0v) is 9.55. The van der Waals surface area contributed by atoms with Crippen molar-refractivity contribution in [1.29, 1.82) is 0 Å². The predicted octanol–water partition coefficient (Wildman–Crippen LogP) is 0.671. The minimum atomic E-state index is 0.132. The number of nitrogens with one attached hydrogen (secondary N) is 2. The monoisotopic (exact) mass is 214 g/mol. The topological polar surface area (TPSA) is 50.4 Å². The first-order valence-corrected chi connectivity index (χ1v) is 5.90. The van der Waals surface area contributed by atoms with Crippen LogP contribution in [0.15, 0.2) is 0 Å². The van der Waals surface area contributed by atoms with Crippen molar-refractivity contribution in [2.24, 2.45) is 0 Å². The quantitative estimate of drug-likeness (QED) is 0.555. The van der Waals surface area contributed by atoms with Crippen molar-refractivity contribution in [3.8, 4) is 0 Å². The van der Waals surface area contributed by atoms with Gasteiger partial charge < -0.3 is 15.4 Å². The van der Waals surface area contributed by atoms with E-state index in [0.29, 0.717) is 13.0 Å². The number of hydrogen-bond acceptors (Lipinski definition) is 3. The molecule has 0 aliphatic heterocycles. The molecule has 0 heterocycles. The minimum absolute atomic E-state index is 0.132. The van der Waals surface area contributed by atoms with Crippen LogP contribution in [0.2, 0.25) is 0 Å². The highest BCUT2D eigenvalue weighted by atomic mass is 16.5. The second-order valence-electron chi connectivity index (χ2n) is 3.88. The molecule has 4 heteroatoms. The third kappa shape index (κ3) is 7.33. The number of carbonyl (C=O) groups is 1. The lowest BCUT2D eigenvalue weighted by Crippen LogP contribution is -2.32. The van der Waals surface area contributed by atoms with Crippen LogP contribution in [0.4, 0.5) is 0 Å². The van der Waals surface area contributed by atoms with E-state index in [1.54, 1.807) is 0 Å². The normalized spacial score (nSPS) is 15.3. The molecule has 4 nitrogen and oxygen atoms in total. The largest absolute Gasteiger partial charge is 0.382 e. The summed E-state index contributed by atoms with van der Waals surface area (Å²) in [6.07, 6.45) is 3.98. The van der Waals surface area contributed by atoms with Gasteiger partial charge in [0.15, 0.2) is 0 Å². The third-order valence-corrected chi connectivity index (χ3v) is 2.35. The molecule has 0 radical (unpaired) electrons. The average molecular weight is 214 g/mol. The van der Waals surface area contributed by atoms with Crippen LogP contribution in [0.5, 0.6) is 0 Å². The van der Waals surface area contributed by atoms with Crippen LogP contribution >= 0.6 is 0 Å². The Hall–Kier alpha value is -0.610. The predicted molar refractivity (Wildman–Crippen MR) is 59.8 cm³/mol. The van der Waals surface area contributed by atoms with Gasteiger partial charge in [0, 0.05) is 38.8 Å². The van der Waals surface area contributed by atoms with Crippen LogP contribution in [0.3, 0.4) is 0 Å². The molecule has 1 rings (SSSR count). The van der Waals surface area contributed by atoms with E-state index < -0.39 is 0 Å². The molecule has 0 spiro atoms. The van der Waals surface area contributed by atoms with E-state index in [0.717, 1.165) is 32.2 Å². The molecular formula is C11H22N2O2. The van der Waals surface area contributed by atoms with Gasteiger partial charge in [-0.2, -0.15) is 0 Å². The molecule has 0 saturated heterocycles. The fraction of sp³-hybridized carbons (Fsp3) is 0.909. The van der Waals surface area contributed by atoms with Crippen molar-refractivity contribution in [3.63, 3.8) is 0 Å². The lowest BCUT2D eigenvalue weighted by atomic mass is 10.3. The smallest absolute Gasteiger partial charge is 0.220 e. The molecule has 0 aromatic carbocycles. The summed E-state index contributed by atoms with van der Waals surface area (Å²) in [5.74, 6) is 0.132. The molecule has 0 aromatic heterocycles. The summed E-state index contributed by atoms with van der Waals surface area (Å²) >= 11 is 0. The van der Waals surface area contributed by atoms with Gasteiger partial charge in [-0.25, -0.2) is 0 Å². The maximum absolute atomic E-state index is 11.3. The van der Waals surface area contributed by atoms with Crippen LogP contribution in [-0.4, -0.2) is 38.3 Å². The molecule has 1 saturated carbocycles. The van der Waals surface area contributed by atoms with E-state index in [1.165, 1.54) is 12.8 Å². The van der Waals surface area contributed by atoms with E-state index in [4.69, 9.17) is 4.74 Å². The zero-order chi connectivity index (χ0) is 10.9. The second kappa shape index (κ2) is 7.65. The summed E-state index contributed by atoms with van der Waals surface area (Å²) in [4.78, 5) is 11.3. The fourth-order valence-electron chi connectivity index (χ4n) is 1.33. The summed E-state index contributed by atoms with van der Waals surface area (Å²) in [7, 11) is 0. The zero-order valence-electron chi connectivity index (χ0n) is 9.55. The molecule has 1 aliphatic rings. The fourth-order valence-corrected chi connectivity index (χ4v) is 1.33. The lowest BCUT2D eigenvalue weighted by Gasteiger charge is -2.05. The number of ether oxygens (including phenoxy) is 1. The van der Waals surface area contributed by atoms with Gasteiger partial charge in [-0.3, -0.25) is 4.79 Å². The molecule has 1 amide bonds. The van der Waals surface area contributed by atoms with Crippen molar-refractivity contribution in [2.45, 2.75) is 38.6 Å². The minimum Gasteiger partial charge on any atom is -0.382 e. The summed E-state index contributed by atoms with van der Waals surface area (Å²) in [5, 5.41) is 6.23. The number of carbonyl (C=O) groups excluding carboxylic acids is 1. The maximum Gasteiger partial charge on any atom is 0.220 e. The first-order valence-electron chi connectivity index (χ1n) is 5.90. The van der Waals surface area contributed by atoms with Crippen LogP contribution in [-0.2, 0) is 9.53 Å². The highest BCUT2D eigenvalue weighted by molar-refractivity contribution is 5.75. The van der Waals surface area contributed by atoms with E-state index in [1.807, 2.05) is 6.92 Å². The van der Waals surface area contributed by atoms with Gasteiger partial charge in [0.1, 0.15) is 0 Å². The Labute approximate surface area is 91.8 Å². The number of hydrogen-bond donors (Lipinski definition) is 2. The maximum atomic E-state index is 11.3. The Kier molecular flexibility index (Phi) is 6.36. The first kappa shape index (κ1) is 12.5. The Morgan fingerprint density at radius 3 is 2.87 bits per heavy atom. The molecule has 1 aliphatic carbocycles. The van der Waals surface area contributed by atoms with Gasteiger partial charge in [-0.05, 0) is 26.2 Å². The number of amides is 1. The highest BCUT2D eigenvalue weighted by Crippen LogP contribution is 2.17. The summed E-state index contributed by atoms with van der Waals surface area (Å²) in [6.45, 7) is 5.01. The average Bonchev–Trinajstić information content (AvgIpc) is 3.03. The molecule has 88 valence electrons. The standard InChI is InChI=1S/C11H22N2O2/c1-2-15-9-3-4-11(14)13-8-7-12-10-5-6-10/h10,12H,2-9H2,1H3,(H,13,14). The second-order valence-corrected chi connectivity index (χ2v) is 3.88. The van der Waals surface area contributed by atoms with E-state index >= 15 is 0 Å². The third-order valence-electron chi connectivity index (χ3n) is 2.35. The highest BCUT2D eigenvalue weighted by Gasteiger charge is 2.19. The Bertz CT molecular complexity index is 181. The molecular weight excluding hydrogens is 192 g/mol. The van der Waals surface area contributed by atoms with Crippen LogP contribution in [0.25, 0.3) is 0 Å². The van der Waals surface area contributed by atoms with E-state index in [2.05, 4.69) is 10.6 Å². The molecule has 0 bridgehead atoms. The van der Waals surface area contributed by atoms with Crippen molar-refractivity contribution >= 4 is 5.91 Å². The van der Waals surface area contributed by atoms with Crippen LogP contribution in [0, 0.1) is 0 Å². The van der Waals surface area contributed by atoms with E-state index in [-0.39, 0.29) is 5.91 Å². The van der Waals surface area contributed by atoms with Gasteiger partial charge in [-0.1, -0.05) is 0 Å². The lowest BCUT2D eigenvalue weighted by molar-refractivity contribution is -0.121. The van der Waals surface area contributed by atoms with Gasteiger partial charge in [0.05, 0.1) is 0 Å². The molecule has 15 heavy (non-hydrogen) atoms. The van der Waals surface area contributed by atoms with Gasteiger partial charge in [-0.15, -0.1) is 0 Å². The van der Waals surface area contributed by atoms with Crippen molar-refractivity contribution < 1.29 is 9.53 Å². The van der Waals surface area contributed by atoms with Gasteiger partial charge in [0.25, 0.3) is 0 Å². The SMILES string of the molecule is CCOCCCC(=O)NCCNC1CC1. The Balaban J connectivity index is 1.80. The Morgan fingerprint density at radius 2 is 2.20 bits per heavy atom. The van der Waals surface area contributed by atoms with Crippen LogP contribution < -0.4 is 10.6 Å². The van der Waals surface area contributed by atoms with Gasteiger partial charge in [0.2, 0.25) is 5.91 Å². The molecule has 2 N–H and O–H groups in total. The Morgan fingerprint density at radius 1 is 1.40 bits per heavy atom. The van der Waals surface area contributed by atoms with Gasteiger partial charge >= 0.3 is 0 Å². The van der Waals surface area contributed by atoms with E-state index in [9.17, 15) is 4.79 Å². The van der Waals surface area contributed by atoms with Crippen molar-refractivity contribution in [2.75, 3.05) is 26.3 Å². The molecule has 1 fully saturated rings. The summed E-state index contributed by atoms with van der Waals surface area (Å²) in [5.41, 5.74) is 0. The van der Waals surface area contributed by atoms with Crippen molar-refractivity contribution in [3.05, 3.63) is 0 Å². The molecule has 0 unspecified atom stereocenters. The molecule has 0 atom stereocenters. The number of rotatable bonds is 9. The summed E-state index contributed by atoms with van der Waals surface area (Å²) in [6, 6.07) is 0.722. The first-order chi connectivity index (χ1) is 7.33. The van der Waals surface area contributed by atoms with Crippen LogP contribution in [0.1, 0.15) is 32.6 Å².